The van der Waals surface area contributed by atoms with E-state index in [1.807, 2.05) is 0 Å². The van der Waals surface area contributed by atoms with Gasteiger partial charge in [0.05, 0.1) is 0 Å². The second-order valence-corrected chi connectivity index (χ2v) is 6.41. The van der Waals surface area contributed by atoms with Gasteiger partial charge in [-0.25, -0.2) is 0 Å². The highest BCUT2D eigenvalue weighted by atomic mass is 14.9. The molecule has 2 saturated carbocycles. The number of rotatable bonds is 5. The molecule has 0 aromatic heterocycles. The molecule has 100 valence electrons. The zero-order valence-electron chi connectivity index (χ0n) is 11.9. The van der Waals surface area contributed by atoms with Crippen LogP contribution >= 0.6 is 0 Å². The molecule has 0 aromatic rings. The maximum absolute atomic E-state index is 3.72. The minimum Gasteiger partial charge on any atom is -0.314 e. The van der Waals surface area contributed by atoms with Crippen LogP contribution in [0.1, 0.15) is 71.6 Å². The highest BCUT2D eigenvalue weighted by Gasteiger charge is 2.32. The Bertz CT molecular complexity index is 206. The third-order valence-corrected chi connectivity index (χ3v) is 5.29. The van der Waals surface area contributed by atoms with Crippen molar-refractivity contribution in [1.29, 1.82) is 0 Å². The topological polar surface area (TPSA) is 12.0 Å². The Labute approximate surface area is 108 Å². The average Bonchev–Trinajstić information content (AvgIpc) is 2.85. The van der Waals surface area contributed by atoms with Crippen molar-refractivity contribution in [2.24, 2.45) is 17.8 Å². The van der Waals surface area contributed by atoms with Gasteiger partial charge in [0.25, 0.3) is 0 Å². The van der Waals surface area contributed by atoms with Crippen molar-refractivity contribution in [3.05, 3.63) is 0 Å². The highest BCUT2D eigenvalue weighted by Crippen LogP contribution is 2.41. The predicted molar refractivity (Wildman–Crippen MR) is 75.2 cm³/mol. The van der Waals surface area contributed by atoms with Crippen molar-refractivity contribution in [2.45, 2.75) is 77.7 Å². The van der Waals surface area contributed by atoms with Gasteiger partial charge in [0.2, 0.25) is 0 Å². The summed E-state index contributed by atoms with van der Waals surface area (Å²) in [5.41, 5.74) is 0. The molecule has 0 amide bonds. The van der Waals surface area contributed by atoms with Crippen LogP contribution in [0, 0.1) is 17.8 Å². The molecule has 0 aromatic carbocycles. The molecule has 1 heteroatoms. The molecule has 0 spiro atoms. The molecule has 2 atom stereocenters. The van der Waals surface area contributed by atoms with Crippen LogP contribution in [0.2, 0.25) is 0 Å². The molecule has 1 N–H and O–H groups in total. The van der Waals surface area contributed by atoms with E-state index in [9.17, 15) is 0 Å². The SMILES string of the molecule is CCCNC1CCC(C2CCC(CC)CC2)C1. The lowest BCUT2D eigenvalue weighted by Gasteiger charge is -2.32. The lowest BCUT2D eigenvalue weighted by Crippen LogP contribution is -2.28. The van der Waals surface area contributed by atoms with E-state index in [1.54, 1.807) is 0 Å². The van der Waals surface area contributed by atoms with Crippen molar-refractivity contribution < 1.29 is 0 Å². The monoisotopic (exact) mass is 237 g/mol. The fourth-order valence-corrected chi connectivity index (χ4v) is 4.05. The summed E-state index contributed by atoms with van der Waals surface area (Å²) in [4.78, 5) is 0. The van der Waals surface area contributed by atoms with Gasteiger partial charge in [0.1, 0.15) is 0 Å². The van der Waals surface area contributed by atoms with Gasteiger partial charge in [-0.2, -0.15) is 0 Å². The number of nitrogens with one attached hydrogen (secondary N) is 1. The molecular weight excluding hydrogens is 206 g/mol. The first-order valence-corrected chi connectivity index (χ1v) is 8.06. The van der Waals surface area contributed by atoms with Crippen molar-refractivity contribution in [3.63, 3.8) is 0 Å². The predicted octanol–water partition coefficient (Wildman–Crippen LogP) is 4.37. The zero-order chi connectivity index (χ0) is 12.1. The van der Waals surface area contributed by atoms with Gasteiger partial charge >= 0.3 is 0 Å². The summed E-state index contributed by atoms with van der Waals surface area (Å²) in [6.07, 6.45) is 13.2. The lowest BCUT2D eigenvalue weighted by molar-refractivity contribution is 0.201. The largest absolute Gasteiger partial charge is 0.314 e. The normalized spacial score (nSPS) is 38.5. The van der Waals surface area contributed by atoms with Crippen LogP contribution in [-0.2, 0) is 0 Å². The van der Waals surface area contributed by atoms with E-state index in [-0.39, 0.29) is 0 Å². The highest BCUT2D eigenvalue weighted by molar-refractivity contribution is 4.86. The average molecular weight is 237 g/mol. The van der Waals surface area contributed by atoms with Crippen molar-refractivity contribution in [3.8, 4) is 0 Å². The summed E-state index contributed by atoms with van der Waals surface area (Å²) in [6, 6.07) is 0.851. The molecule has 2 aliphatic rings. The van der Waals surface area contributed by atoms with Gasteiger partial charge in [-0.05, 0) is 62.8 Å². The number of hydrogen-bond acceptors (Lipinski definition) is 1. The van der Waals surface area contributed by atoms with E-state index >= 15 is 0 Å². The molecule has 2 unspecified atom stereocenters. The van der Waals surface area contributed by atoms with E-state index in [4.69, 9.17) is 0 Å². The van der Waals surface area contributed by atoms with Crippen LogP contribution in [0.3, 0.4) is 0 Å². The molecule has 0 heterocycles. The van der Waals surface area contributed by atoms with E-state index in [2.05, 4.69) is 19.2 Å². The van der Waals surface area contributed by atoms with Crippen molar-refractivity contribution >= 4 is 0 Å². The summed E-state index contributed by atoms with van der Waals surface area (Å²) in [7, 11) is 0. The molecule has 2 fully saturated rings. The molecule has 17 heavy (non-hydrogen) atoms. The first-order valence-electron chi connectivity index (χ1n) is 8.06. The van der Waals surface area contributed by atoms with Crippen molar-refractivity contribution in [1.82, 2.24) is 5.32 Å². The summed E-state index contributed by atoms with van der Waals surface area (Å²) in [5, 5.41) is 3.72. The molecule has 0 saturated heterocycles. The third-order valence-electron chi connectivity index (χ3n) is 5.29. The van der Waals surface area contributed by atoms with Crippen LogP contribution in [0.15, 0.2) is 0 Å². The molecule has 2 aliphatic carbocycles. The van der Waals surface area contributed by atoms with Gasteiger partial charge in [-0.3, -0.25) is 0 Å². The van der Waals surface area contributed by atoms with Gasteiger partial charge < -0.3 is 5.32 Å². The Morgan fingerprint density at radius 1 is 0.882 bits per heavy atom. The van der Waals surface area contributed by atoms with Crippen LogP contribution in [0.4, 0.5) is 0 Å². The van der Waals surface area contributed by atoms with E-state index in [0.29, 0.717) is 0 Å². The van der Waals surface area contributed by atoms with Crippen LogP contribution in [-0.4, -0.2) is 12.6 Å². The Kier molecular flexibility index (Phi) is 5.34. The van der Waals surface area contributed by atoms with E-state index < -0.39 is 0 Å². The van der Waals surface area contributed by atoms with Crippen LogP contribution in [0.5, 0.6) is 0 Å². The van der Waals surface area contributed by atoms with E-state index in [1.165, 1.54) is 64.3 Å². The molecule has 2 rings (SSSR count). The first kappa shape index (κ1) is 13.4. The molecular formula is C16H31N. The summed E-state index contributed by atoms with van der Waals surface area (Å²) >= 11 is 0. The Hall–Kier alpha value is -0.0400. The van der Waals surface area contributed by atoms with Crippen molar-refractivity contribution in [2.75, 3.05) is 6.54 Å². The smallest absolute Gasteiger partial charge is 0.00699 e. The fourth-order valence-electron chi connectivity index (χ4n) is 4.05. The Morgan fingerprint density at radius 2 is 1.59 bits per heavy atom. The molecule has 1 nitrogen and oxygen atoms in total. The van der Waals surface area contributed by atoms with E-state index in [0.717, 1.165) is 23.8 Å². The first-order chi connectivity index (χ1) is 8.33. The summed E-state index contributed by atoms with van der Waals surface area (Å²) in [5.74, 6) is 3.19. The van der Waals surface area contributed by atoms with Gasteiger partial charge in [-0.1, -0.05) is 33.1 Å². The molecule has 0 aliphatic heterocycles. The van der Waals surface area contributed by atoms with Gasteiger partial charge in [-0.15, -0.1) is 0 Å². The quantitative estimate of drug-likeness (QED) is 0.748. The standard InChI is InChI=1S/C16H31N/c1-3-11-17-16-10-9-15(12-16)14-7-5-13(4-2)6-8-14/h13-17H,3-12H2,1-2H3. The maximum atomic E-state index is 3.72. The second kappa shape index (κ2) is 6.78. The minimum atomic E-state index is 0.851. The zero-order valence-corrected chi connectivity index (χ0v) is 11.9. The minimum absolute atomic E-state index is 0.851. The maximum Gasteiger partial charge on any atom is 0.00699 e. The Morgan fingerprint density at radius 3 is 2.24 bits per heavy atom. The second-order valence-electron chi connectivity index (χ2n) is 6.41. The van der Waals surface area contributed by atoms with Gasteiger partial charge in [0.15, 0.2) is 0 Å². The summed E-state index contributed by atoms with van der Waals surface area (Å²) in [6.45, 7) is 5.86. The van der Waals surface area contributed by atoms with Gasteiger partial charge in [0, 0.05) is 6.04 Å². The molecule has 0 radical (unpaired) electrons. The lowest BCUT2D eigenvalue weighted by atomic mass is 9.74. The Balaban J connectivity index is 1.70. The summed E-state index contributed by atoms with van der Waals surface area (Å²) < 4.78 is 0. The fraction of sp³-hybridized carbons (Fsp3) is 1.00. The van der Waals surface area contributed by atoms with Crippen LogP contribution < -0.4 is 5.32 Å². The number of hydrogen-bond donors (Lipinski definition) is 1. The third kappa shape index (κ3) is 3.71. The van der Waals surface area contributed by atoms with Crippen LogP contribution in [0.25, 0.3) is 0 Å². The molecule has 0 bridgehead atoms.